The third-order valence-electron chi connectivity index (χ3n) is 2.94. The lowest BCUT2D eigenvalue weighted by Gasteiger charge is -2.13. The average molecular weight is 250 g/mol. The number of hydrogen-bond acceptors (Lipinski definition) is 4. The fraction of sp³-hybridized carbons (Fsp3) is 0.643. The second-order valence-electron chi connectivity index (χ2n) is 5.16. The van der Waals surface area contributed by atoms with Gasteiger partial charge in [0.25, 0.3) is 0 Å². The molecule has 1 aliphatic carbocycles. The molecule has 1 aromatic heterocycles. The predicted molar refractivity (Wildman–Crippen MR) is 70.5 cm³/mol. The zero-order valence-corrected chi connectivity index (χ0v) is 11.2. The number of nitrogens with zero attached hydrogens (tertiary/aromatic N) is 1. The quantitative estimate of drug-likeness (QED) is 0.594. The molecule has 1 saturated carbocycles. The highest BCUT2D eigenvalue weighted by Gasteiger charge is 2.21. The van der Waals surface area contributed by atoms with E-state index >= 15 is 0 Å². The lowest BCUT2D eigenvalue weighted by Crippen LogP contribution is -2.19. The SMILES string of the molecule is Cc1ccc(OCOCC2CC2)c(CC(C)N)n1. The van der Waals surface area contributed by atoms with Gasteiger partial charge in [0.2, 0.25) is 0 Å². The van der Waals surface area contributed by atoms with Gasteiger partial charge in [-0.2, -0.15) is 0 Å². The van der Waals surface area contributed by atoms with Gasteiger partial charge < -0.3 is 15.2 Å². The molecule has 4 heteroatoms. The molecule has 100 valence electrons. The first-order valence-electron chi connectivity index (χ1n) is 6.58. The molecular weight excluding hydrogens is 228 g/mol. The topological polar surface area (TPSA) is 57.4 Å². The maximum Gasteiger partial charge on any atom is 0.189 e. The summed E-state index contributed by atoms with van der Waals surface area (Å²) in [5, 5.41) is 0. The zero-order valence-electron chi connectivity index (χ0n) is 11.2. The number of nitrogens with two attached hydrogens (primary N) is 1. The molecule has 1 atom stereocenters. The van der Waals surface area contributed by atoms with Crippen molar-refractivity contribution in [2.75, 3.05) is 13.4 Å². The van der Waals surface area contributed by atoms with Crippen molar-refractivity contribution in [1.29, 1.82) is 0 Å². The smallest absolute Gasteiger partial charge is 0.189 e. The monoisotopic (exact) mass is 250 g/mol. The van der Waals surface area contributed by atoms with E-state index in [0.717, 1.165) is 36.1 Å². The Balaban J connectivity index is 1.87. The fourth-order valence-corrected chi connectivity index (χ4v) is 1.78. The molecule has 1 fully saturated rings. The molecule has 0 bridgehead atoms. The van der Waals surface area contributed by atoms with Gasteiger partial charge in [-0.05, 0) is 44.7 Å². The maximum absolute atomic E-state index is 5.82. The van der Waals surface area contributed by atoms with Crippen molar-refractivity contribution < 1.29 is 9.47 Å². The van der Waals surface area contributed by atoms with Crippen LogP contribution in [0.1, 0.15) is 31.2 Å². The van der Waals surface area contributed by atoms with Gasteiger partial charge in [-0.1, -0.05) is 0 Å². The molecule has 18 heavy (non-hydrogen) atoms. The number of hydrogen-bond donors (Lipinski definition) is 1. The van der Waals surface area contributed by atoms with Gasteiger partial charge in [0.15, 0.2) is 6.79 Å². The van der Waals surface area contributed by atoms with Crippen LogP contribution < -0.4 is 10.5 Å². The highest BCUT2D eigenvalue weighted by molar-refractivity contribution is 5.29. The van der Waals surface area contributed by atoms with Crippen molar-refractivity contribution in [3.8, 4) is 5.75 Å². The summed E-state index contributed by atoms with van der Waals surface area (Å²) in [5.41, 5.74) is 7.72. The van der Waals surface area contributed by atoms with Crippen LogP contribution in [0, 0.1) is 12.8 Å². The molecule has 0 aliphatic heterocycles. The van der Waals surface area contributed by atoms with E-state index in [2.05, 4.69) is 4.98 Å². The van der Waals surface area contributed by atoms with Gasteiger partial charge in [0, 0.05) is 18.2 Å². The lowest BCUT2D eigenvalue weighted by molar-refractivity contribution is 0.00917. The molecule has 0 saturated heterocycles. The molecule has 4 nitrogen and oxygen atoms in total. The summed E-state index contributed by atoms with van der Waals surface area (Å²) >= 11 is 0. The molecule has 1 heterocycles. The lowest BCUT2D eigenvalue weighted by atomic mass is 10.1. The van der Waals surface area contributed by atoms with E-state index in [0.29, 0.717) is 6.79 Å². The van der Waals surface area contributed by atoms with Gasteiger partial charge >= 0.3 is 0 Å². The largest absolute Gasteiger partial charge is 0.466 e. The highest BCUT2D eigenvalue weighted by atomic mass is 16.7. The van der Waals surface area contributed by atoms with Crippen molar-refractivity contribution in [2.24, 2.45) is 11.7 Å². The second kappa shape index (κ2) is 6.16. The van der Waals surface area contributed by atoms with E-state index in [1.807, 2.05) is 26.0 Å². The van der Waals surface area contributed by atoms with Crippen LogP contribution >= 0.6 is 0 Å². The van der Waals surface area contributed by atoms with Crippen molar-refractivity contribution >= 4 is 0 Å². The van der Waals surface area contributed by atoms with Crippen molar-refractivity contribution in [3.05, 3.63) is 23.5 Å². The summed E-state index contributed by atoms with van der Waals surface area (Å²) in [7, 11) is 0. The summed E-state index contributed by atoms with van der Waals surface area (Å²) in [5.74, 6) is 1.54. The summed E-state index contributed by atoms with van der Waals surface area (Å²) in [6, 6.07) is 3.97. The minimum absolute atomic E-state index is 0.0778. The van der Waals surface area contributed by atoms with Crippen LogP contribution in [0.2, 0.25) is 0 Å². The summed E-state index contributed by atoms with van der Waals surface area (Å²) < 4.78 is 11.1. The van der Waals surface area contributed by atoms with Crippen LogP contribution in [-0.4, -0.2) is 24.4 Å². The van der Waals surface area contributed by atoms with Crippen molar-refractivity contribution in [1.82, 2.24) is 4.98 Å². The predicted octanol–water partition coefficient (Wildman–Crippen LogP) is 2.04. The number of pyridine rings is 1. The van der Waals surface area contributed by atoms with E-state index < -0.39 is 0 Å². The molecule has 0 spiro atoms. The van der Waals surface area contributed by atoms with Crippen molar-refractivity contribution in [2.45, 2.75) is 39.2 Å². The van der Waals surface area contributed by atoms with Crippen molar-refractivity contribution in [3.63, 3.8) is 0 Å². The highest BCUT2D eigenvalue weighted by Crippen LogP contribution is 2.28. The standard InChI is InChI=1S/C14H22N2O2/c1-10(15)7-13-14(6-3-11(2)16-13)18-9-17-8-12-4-5-12/h3,6,10,12H,4-5,7-9,15H2,1-2H3. The molecule has 1 unspecified atom stereocenters. The maximum atomic E-state index is 5.82. The van der Waals surface area contributed by atoms with Gasteiger partial charge in [0.1, 0.15) is 5.75 Å². The normalized spacial score (nSPS) is 16.6. The molecular formula is C14H22N2O2. The Kier molecular flexibility index (Phi) is 4.55. The molecule has 1 aromatic rings. The molecule has 0 radical (unpaired) electrons. The first kappa shape index (κ1) is 13.3. The van der Waals surface area contributed by atoms with Crippen LogP contribution in [-0.2, 0) is 11.2 Å². The van der Waals surface area contributed by atoms with Gasteiger partial charge in [-0.25, -0.2) is 0 Å². The van der Waals surface area contributed by atoms with Crippen LogP contribution in [0.3, 0.4) is 0 Å². The summed E-state index contributed by atoms with van der Waals surface area (Å²) in [6.45, 7) is 5.05. The zero-order chi connectivity index (χ0) is 13.0. The average Bonchev–Trinajstić information content (AvgIpc) is 3.10. The first-order valence-corrected chi connectivity index (χ1v) is 6.58. The summed E-state index contributed by atoms with van der Waals surface area (Å²) in [4.78, 5) is 4.48. The Hall–Kier alpha value is -1.13. The Morgan fingerprint density at radius 1 is 1.44 bits per heavy atom. The third-order valence-corrected chi connectivity index (χ3v) is 2.94. The van der Waals surface area contributed by atoms with E-state index in [-0.39, 0.29) is 6.04 Å². The molecule has 0 amide bonds. The van der Waals surface area contributed by atoms with Crippen LogP contribution in [0.5, 0.6) is 5.75 Å². The van der Waals surface area contributed by atoms with Gasteiger partial charge in [0.05, 0.1) is 12.3 Å². The van der Waals surface area contributed by atoms with E-state index in [1.54, 1.807) is 0 Å². The third kappa shape index (κ3) is 4.27. The van der Waals surface area contributed by atoms with E-state index in [1.165, 1.54) is 12.8 Å². The molecule has 2 N–H and O–H groups in total. The second-order valence-corrected chi connectivity index (χ2v) is 5.16. The minimum Gasteiger partial charge on any atom is -0.466 e. The number of aromatic nitrogens is 1. The Morgan fingerprint density at radius 3 is 2.89 bits per heavy atom. The van der Waals surface area contributed by atoms with Crippen LogP contribution in [0.4, 0.5) is 0 Å². The number of aryl methyl sites for hydroxylation is 1. The molecule has 0 aromatic carbocycles. The van der Waals surface area contributed by atoms with E-state index in [9.17, 15) is 0 Å². The molecule has 1 aliphatic rings. The Labute approximate surface area is 108 Å². The fourth-order valence-electron chi connectivity index (χ4n) is 1.78. The van der Waals surface area contributed by atoms with Gasteiger partial charge in [-0.15, -0.1) is 0 Å². The van der Waals surface area contributed by atoms with E-state index in [4.69, 9.17) is 15.2 Å². The van der Waals surface area contributed by atoms with Crippen LogP contribution in [0.25, 0.3) is 0 Å². The summed E-state index contributed by atoms with van der Waals surface area (Å²) in [6.07, 6.45) is 3.31. The first-order chi connectivity index (χ1) is 8.65. The number of ether oxygens (including phenoxy) is 2. The minimum atomic E-state index is 0.0778. The Morgan fingerprint density at radius 2 is 2.22 bits per heavy atom. The molecule has 2 rings (SSSR count). The number of rotatable bonds is 7. The van der Waals surface area contributed by atoms with Crippen LogP contribution in [0.15, 0.2) is 12.1 Å². The Bertz CT molecular complexity index is 389. The van der Waals surface area contributed by atoms with Gasteiger partial charge in [-0.3, -0.25) is 4.98 Å².